The van der Waals surface area contributed by atoms with Crippen molar-refractivity contribution in [3.63, 3.8) is 0 Å². The van der Waals surface area contributed by atoms with Gasteiger partial charge in [-0.15, -0.1) is 0 Å². The molecule has 1 aliphatic carbocycles. The lowest BCUT2D eigenvalue weighted by Gasteiger charge is -2.30. The fourth-order valence-corrected chi connectivity index (χ4v) is 3.59. The van der Waals surface area contributed by atoms with E-state index in [0.717, 1.165) is 23.5 Å². The van der Waals surface area contributed by atoms with Gasteiger partial charge in [-0.2, -0.15) is 0 Å². The highest BCUT2D eigenvalue weighted by Gasteiger charge is 2.30. The molecule has 1 aliphatic heterocycles. The topological polar surface area (TPSA) is 116 Å². The highest BCUT2D eigenvalue weighted by atomic mass is 16.2. The summed E-state index contributed by atoms with van der Waals surface area (Å²) in [6.07, 6.45) is 8.01. The minimum absolute atomic E-state index is 0.0170. The first-order valence-corrected chi connectivity index (χ1v) is 9.18. The number of nitrogens with zero attached hydrogens (tertiary/aromatic N) is 7. The maximum atomic E-state index is 13.1. The molecule has 4 heterocycles. The summed E-state index contributed by atoms with van der Waals surface area (Å²) >= 11 is 0. The van der Waals surface area contributed by atoms with Crippen molar-refractivity contribution in [2.45, 2.75) is 44.7 Å². The minimum atomic E-state index is -0.433. The molecule has 0 radical (unpaired) electrons. The fraction of sp³-hybridized carbons (Fsp3) is 0.444. The number of hydrogen-bond acceptors (Lipinski definition) is 7. The van der Waals surface area contributed by atoms with Crippen LogP contribution in [0.3, 0.4) is 0 Å². The number of hydrogen-bond donors (Lipinski definition) is 1. The molecule has 2 aliphatic rings. The molecule has 9 nitrogen and oxygen atoms in total. The van der Waals surface area contributed by atoms with Crippen LogP contribution in [-0.2, 0) is 17.8 Å². The van der Waals surface area contributed by atoms with Gasteiger partial charge in [0.15, 0.2) is 11.5 Å². The molecule has 0 bridgehead atoms. The summed E-state index contributed by atoms with van der Waals surface area (Å²) in [4.78, 5) is 36.6. The smallest absolute Gasteiger partial charge is 0.245 e. The van der Waals surface area contributed by atoms with Crippen LogP contribution < -0.4 is 5.73 Å². The summed E-state index contributed by atoms with van der Waals surface area (Å²) in [5.74, 6) is 1.83. The predicted molar refractivity (Wildman–Crippen MR) is 97.6 cm³/mol. The van der Waals surface area contributed by atoms with Crippen molar-refractivity contribution in [1.29, 1.82) is 0 Å². The lowest BCUT2D eigenvalue weighted by Crippen LogP contribution is -2.40. The molecule has 1 fully saturated rings. The van der Waals surface area contributed by atoms with Crippen molar-refractivity contribution in [1.82, 2.24) is 34.4 Å². The van der Waals surface area contributed by atoms with Crippen LogP contribution in [0.4, 0.5) is 5.82 Å². The lowest BCUT2D eigenvalue weighted by atomic mass is 10.1. The van der Waals surface area contributed by atoms with Gasteiger partial charge in [-0.3, -0.25) is 4.79 Å². The molecule has 9 heteroatoms. The first kappa shape index (κ1) is 16.1. The maximum absolute atomic E-state index is 13.1. The van der Waals surface area contributed by atoms with Crippen molar-refractivity contribution in [3.8, 4) is 0 Å². The fourth-order valence-electron chi connectivity index (χ4n) is 3.59. The van der Waals surface area contributed by atoms with E-state index in [1.165, 1.54) is 19.2 Å². The van der Waals surface area contributed by atoms with E-state index < -0.39 is 6.04 Å². The van der Waals surface area contributed by atoms with E-state index in [2.05, 4.69) is 19.9 Å². The normalized spacial score (nSPS) is 17.7. The minimum Gasteiger partial charge on any atom is -0.382 e. The molecule has 5 rings (SSSR count). The molecule has 0 saturated heterocycles. The van der Waals surface area contributed by atoms with Crippen LogP contribution in [0.1, 0.15) is 48.8 Å². The van der Waals surface area contributed by atoms with E-state index in [1.807, 2.05) is 18.0 Å². The Hall–Kier alpha value is -3.10. The van der Waals surface area contributed by atoms with Crippen molar-refractivity contribution >= 4 is 22.9 Å². The lowest BCUT2D eigenvalue weighted by molar-refractivity contribution is -0.135. The molecule has 1 unspecified atom stereocenters. The van der Waals surface area contributed by atoms with E-state index in [9.17, 15) is 4.79 Å². The number of rotatable bonds is 3. The first-order chi connectivity index (χ1) is 13.1. The van der Waals surface area contributed by atoms with E-state index in [0.29, 0.717) is 36.0 Å². The SMILES string of the molecule is CC(C(=O)N1CCc2nc(C3CC3)ncc2C1)n1cnc2c(N)ncnc21. The molecule has 138 valence electrons. The van der Waals surface area contributed by atoms with Crippen LogP contribution in [0.5, 0.6) is 0 Å². The number of nitrogens with two attached hydrogens (primary N) is 1. The van der Waals surface area contributed by atoms with Crippen LogP contribution in [0, 0.1) is 0 Å². The second-order valence-corrected chi connectivity index (χ2v) is 7.24. The van der Waals surface area contributed by atoms with Crippen LogP contribution >= 0.6 is 0 Å². The molecule has 1 atom stereocenters. The molecule has 1 saturated carbocycles. The molecular weight excluding hydrogens is 344 g/mol. The summed E-state index contributed by atoms with van der Waals surface area (Å²) in [5, 5.41) is 0. The van der Waals surface area contributed by atoms with Crippen LogP contribution in [-0.4, -0.2) is 46.8 Å². The number of aromatic nitrogens is 6. The maximum Gasteiger partial charge on any atom is 0.245 e. The highest BCUT2D eigenvalue weighted by molar-refractivity contribution is 5.85. The Labute approximate surface area is 155 Å². The molecule has 2 N–H and O–H groups in total. The van der Waals surface area contributed by atoms with E-state index >= 15 is 0 Å². The predicted octanol–water partition coefficient (Wildman–Crippen LogP) is 1.22. The quantitative estimate of drug-likeness (QED) is 0.743. The third-order valence-electron chi connectivity index (χ3n) is 5.37. The Balaban J connectivity index is 1.38. The molecule has 1 amide bonds. The van der Waals surface area contributed by atoms with Crippen molar-refractivity contribution in [2.24, 2.45) is 0 Å². The summed E-state index contributed by atoms with van der Waals surface area (Å²) < 4.78 is 1.75. The summed E-state index contributed by atoms with van der Waals surface area (Å²) in [6, 6.07) is -0.433. The Morgan fingerprint density at radius 2 is 2.11 bits per heavy atom. The first-order valence-electron chi connectivity index (χ1n) is 9.18. The van der Waals surface area contributed by atoms with Gasteiger partial charge in [0.05, 0.1) is 12.0 Å². The van der Waals surface area contributed by atoms with Gasteiger partial charge >= 0.3 is 0 Å². The van der Waals surface area contributed by atoms with Gasteiger partial charge in [0, 0.05) is 37.2 Å². The number of anilines is 1. The van der Waals surface area contributed by atoms with Gasteiger partial charge < -0.3 is 15.2 Å². The van der Waals surface area contributed by atoms with Gasteiger partial charge in [0.25, 0.3) is 0 Å². The van der Waals surface area contributed by atoms with E-state index in [-0.39, 0.29) is 5.91 Å². The molecule has 27 heavy (non-hydrogen) atoms. The summed E-state index contributed by atoms with van der Waals surface area (Å²) in [6.45, 7) is 3.04. The monoisotopic (exact) mass is 364 g/mol. The van der Waals surface area contributed by atoms with Gasteiger partial charge in [-0.25, -0.2) is 24.9 Å². The van der Waals surface area contributed by atoms with Gasteiger partial charge in [-0.1, -0.05) is 0 Å². The van der Waals surface area contributed by atoms with Gasteiger partial charge in [-0.05, 0) is 19.8 Å². The second-order valence-electron chi connectivity index (χ2n) is 7.24. The zero-order valence-corrected chi connectivity index (χ0v) is 15.0. The van der Waals surface area contributed by atoms with E-state index in [4.69, 9.17) is 10.7 Å². The summed E-state index contributed by atoms with van der Waals surface area (Å²) in [5.41, 5.74) is 9.04. The Morgan fingerprint density at radius 3 is 2.93 bits per heavy atom. The Kier molecular flexibility index (Phi) is 3.56. The standard InChI is InChI=1S/C18H20N8O/c1-10(26-9-23-14-15(19)21-8-22-17(14)26)18(27)25-5-4-13-12(7-25)6-20-16(24-13)11-2-3-11/h6,8-11H,2-5,7H2,1H3,(H2,19,21,22). The Bertz CT molecular complexity index is 1040. The third-order valence-corrected chi connectivity index (χ3v) is 5.37. The second kappa shape index (κ2) is 5.97. The molecule has 0 aromatic carbocycles. The van der Waals surface area contributed by atoms with Gasteiger partial charge in [0.2, 0.25) is 5.91 Å². The number of amides is 1. The van der Waals surface area contributed by atoms with Crippen LogP contribution in [0.25, 0.3) is 11.2 Å². The zero-order chi connectivity index (χ0) is 18.5. The Morgan fingerprint density at radius 1 is 1.26 bits per heavy atom. The van der Waals surface area contributed by atoms with Crippen molar-refractivity contribution in [2.75, 3.05) is 12.3 Å². The average Bonchev–Trinajstić information content (AvgIpc) is 3.45. The highest BCUT2D eigenvalue weighted by Crippen LogP contribution is 2.38. The van der Waals surface area contributed by atoms with Crippen molar-refractivity contribution < 1.29 is 4.79 Å². The number of fused-ring (bicyclic) bond motifs is 2. The van der Waals surface area contributed by atoms with Crippen LogP contribution in [0.2, 0.25) is 0 Å². The molecular formula is C18H20N8O. The number of imidazole rings is 1. The third kappa shape index (κ3) is 2.70. The zero-order valence-electron chi connectivity index (χ0n) is 15.0. The molecule has 3 aromatic rings. The van der Waals surface area contributed by atoms with Crippen molar-refractivity contribution in [3.05, 3.63) is 35.9 Å². The van der Waals surface area contributed by atoms with Crippen LogP contribution in [0.15, 0.2) is 18.9 Å². The van der Waals surface area contributed by atoms with Gasteiger partial charge in [0.1, 0.15) is 23.7 Å². The average molecular weight is 364 g/mol. The molecule has 3 aromatic heterocycles. The largest absolute Gasteiger partial charge is 0.382 e. The number of nitrogen functional groups attached to an aromatic ring is 1. The number of carbonyl (C=O) groups is 1. The number of carbonyl (C=O) groups excluding carboxylic acids is 1. The van der Waals surface area contributed by atoms with E-state index in [1.54, 1.807) is 10.9 Å². The molecule has 0 spiro atoms. The summed E-state index contributed by atoms with van der Waals surface area (Å²) in [7, 11) is 0.